The van der Waals surface area contributed by atoms with Crippen molar-refractivity contribution in [1.82, 2.24) is 19.9 Å². The van der Waals surface area contributed by atoms with Gasteiger partial charge < -0.3 is 19.1 Å². The largest absolute Gasteiger partial charge is 0.475 e. The Balaban J connectivity index is 1.22. The molecule has 14 heteroatoms. The number of carbonyl (C=O) groups excluding carboxylic acids is 1. The average molecular weight is 558 g/mol. The van der Waals surface area contributed by atoms with Crippen molar-refractivity contribution < 1.29 is 32.2 Å². The lowest BCUT2D eigenvalue weighted by Crippen LogP contribution is -2.48. The van der Waals surface area contributed by atoms with E-state index in [0.717, 1.165) is 12.1 Å². The highest BCUT2D eigenvalue weighted by atomic mass is 19.4. The Kier molecular flexibility index (Phi) is 6.45. The molecular formula is C26H26F3N7O4. The van der Waals surface area contributed by atoms with E-state index in [-0.39, 0.29) is 42.0 Å². The summed E-state index contributed by atoms with van der Waals surface area (Å²) >= 11 is 0. The van der Waals surface area contributed by atoms with E-state index in [1.54, 1.807) is 12.3 Å². The van der Waals surface area contributed by atoms with Crippen LogP contribution in [-0.2, 0) is 15.7 Å². The van der Waals surface area contributed by atoms with Gasteiger partial charge in [-0.25, -0.2) is 19.7 Å². The Hall–Kier alpha value is -4.04. The minimum atomic E-state index is -4.51. The second kappa shape index (κ2) is 9.86. The summed E-state index contributed by atoms with van der Waals surface area (Å²) in [5, 5.41) is 2.71. The van der Waals surface area contributed by atoms with Crippen molar-refractivity contribution in [1.29, 1.82) is 0 Å². The van der Waals surface area contributed by atoms with Crippen LogP contribution in [0.2, 0.25) is 0 Å². The molecule has 2 bridgehead atoms. The topological polar surface area (TPSA) is 115 Å². The van der Waals surface area contributed by atoms with Gasteiger partial charge in [0.15, 0.2) is 17.4 Å². The number of nitrogens with one attached hydrogen (secondary N) is 1. The van der Waals surface area contributed by atoms with E-state index in [2.05, 4.69) is 30.2 Å². The Morgan fingerprint density at radius 1 is 1.23 bits per heavy atom. The number of hydrogen-bond donors (Lipinski definition) is 1. The highest BCUT2D eigenvalue weighted by Crippen LogP contribution is 2.40. The molecule has 0 radical (unpaired) electrons. The van der Waals surface area contributed by atoms with Crippen LogP contribution in [0, 0.1) is 0 Å². The van der Waals surface area contributed by atoms with E-state index in [4.69, 9.17) is 14.2 Å². The summed E-state index contributed by atoms with van der Waals surface area (Å²) in [7, 11) is 0. The maximum atomic E-state index is 13.5. The summed E-state index contributed by atoms with van der Waals surface area (Å²) < 4.78 is 56.9. The molecule has 5 heterocycles. The zero-order valence-corrected chi connectivity index (χ0v) is 21.7. The number of halogens is 3. The van der Waals surface area contributed by atoms with Gasteiger partial charge in [0.05, 0.1) is 30.1 Å². The molecule has 0 aliphatic carbocycles. The lowest BCUT2D eigenvalue weighted by Gasteiger charge is -2.35. The normalized spacial score (nSPS) is 21.3. The number of rotatable bonds is 5. The number of nitrogens with zero attached hydrogens (tertiary/aromatic N) is 6. The molecule has 6 rings (SSSR count). The molecule has 3 aliphatic heterocycles. The first kappa shape index (κ1) is 26.2. The Bertz CT molecular complexity index is 1440. The van der Waals surface area contributed by atoms with E-state index in [9.17, 15) is 18.0 Å². The average Bonchev–Trinajstić information content (AvgIpc) is 3.50. The minimum absolute atomic E-state index is 0.0283. The van der Waals surface area contributed by atoms with Gasteiger partial charge in [0.1, 0.15) is 12.7 Å². The summed E-state index contributed by atoms with van der Waals surface area (Å²) in [5.41, 5.74) is 0.0122. The van der Waals surface area contributed by atoms with Gasteiger partial charge in [-0.3, -0.25) is 10.2 Å². The molecule has 2 saturated heterocycles. The molecule has 0 spiro atoms. The van der Waals surface area contributed by atoms with Gasteiger partial charge in [0.2, 0.25) is 11.8 Å². The lowest BCUT2D eigenvalue weighted by atomic mass is 10.1. The summed E-state index contributed by atoms with van der Waals surface area (Å²) in [4.78, 5) is 34.4. The molecule has 1 unspecified atom stereocenters. The third-order valence-electron chi connectivity index (χ3n) is 6.85. The first-order valence-corrected chi connectivity index (χ1v) is 12.7. The van der Waals surface area contributed by atoms with Crippen LogP contribution >= 0.6 is 0 Å². The van der Waals surface area contributed by atoms with Crippen molar-refractivity contribution in [2.45, 2.75) is 44.4 Å². The maximum absolute atomic E-state index is 13.5. The van der Waals surface area contributed by atoms with Gasteiger partial charge in [0, 0.05) is 30.9 Å². The van der Waals surface area contributed by atoms with Gasteiger partial charge in [0.25, 0.3) is 0 Å². The fourth-order valence-corrected chi connectivity index (χ4v) is 5.01. The Morgan fingerprint density at radius 2 is 2.08 bits per heavy atom. The number of urea groups is 1. The standard InChI is InChI=1S/C26H26F3N7O4/c1-25(2)39-14-18(40-25)13-38-20-6-8-30-23(32-20)34-24(37)36-17-7-9-35(12-17)19-11-31-21(33-22(19)36)15-4-3-5-16(10-15)26(27,28)29/h3-6,8,10-11,17-18H,7,9,12-14H2,1-2H3,(H,30,32,34,37)/t17-,18?/m0/s1. The highest BCUT2D eigenvalue weighted by molar-refractivity contribution is 6.03. The number of carbonyl (C=O) groups is 1. The number of alkyl halides is 3. The van der Waals surface area contributed by atoms with Crippen LogP contribution in [0.5, 0.6) is 5.88 Å². The van der Waals surface area contributed by atoms with Gasteiger partial charge in [-0.15, -0.1) is 0 Å². The van der Waals surface area contributed by atoms with Gasteiger partial charge in [-0.1, -0.05) is 12.1 Å². The van der Waals surface area contributed by atoms with E-state index in [1.165, 1.54) is 23.2 Å². The number of hydrogen-bond acceptors (Lipinski definition) is 9. The monoisotopic (exact) mass is 557 g/mol. The Morgan fingerprint density at radius 3 is 2.85 bits per heavy atom. The molecule has 2 amide bonds. The van der Waals surface area contributed by atoms with Crippen LogP contribution in [0.1, 0.15) is 25.8 Å². The molecule has 1 aromatic carbocycles. The highest BCUT2D eigenvalue weighted by Gasteiger charge is 2.41. The lowest BCUT2D eigenvalue weighted by molar-refractivity contribution is -0.141. The third kappa shape index (κ3) is 5.23. The number of fused-ring (bicyclic) bond motifs is 4. The minimum Gasteiger partial charge on any atom is -0.475 e. The Labute approximate surface area is 227 Å². The summed E-state index contributed by atoms with van der Waals surface area (Å²) in [5.74, 6) is -0.0104. The quantitative estimate of drug-likeness (QED) is 0.495. The van der Waals surface area contributed by atoms with E-state index >= 15 is 0 Å². The SMILES string of the molecule is CC1(C)OCC(COc2ccnc(NC(=O)N3c4nc(-c5cccc(C(F)(F)F)c5)ncc4N4CC[C@H]3C4)n2)O1. The summed E-state index contributed by atoms with van der Waals surface area (Å²) in [6, 6.07) is 5.64. The van der Waals surface area contributed by atoms with Crippen LogP contribution in [0.4, 0.5) is 35.4 Å². The predicted octanol–water partition coefficient (Wildman–Crippen LogP) is 4.11. The van der Waals surface area contributed by atoms with E-state index in [0.29, 0.717) is 37.6 Å². The third-order valence-corrected chi connectivity index (χ3v) is 6.85. The molecule has 3 aliphatic rings. The summed E-state index contributed by atoms with van der Waals surface area (Å²) in [6.45, 7) is 5.51. The van der Waals surface area contributed by atoms with Crippen LogP contribution in [0.25, 0.3) is 11.4 Å². The predicted molar refractivity (Wildman–Crippen MR) is 137 cm³/mol. The van der Waals surface area contributed by atoms with Gasteiger partial charge >= 0.3 is 12.2 Å². The van der Waals surface area contributed by atoms with Gasteiger partial charge in [-0.2, -0.15) is 18.2 Å². The van der Waals surface area contributed by atoms with Crippen LogP contribution in [0.3, 0.4) is 0 Å². The van der Waals surface area contributed by atoms with Crippen molar-refractivity contribution in [3.05, 3.63) is 48.3 Å². The van der Waals surface area contributed by atoms with Crippen molar-refractivity contribution in [3.63, 3.8) is 0 Å². The van der Waals surface area contributed by atoms with Crippen molar-refractivity contribution in [3.8, 4) is 17.3 Å². The van der Waals surface area contributed by atoms with E-state index < -0.39 is 23.6 Å². The number of ether oxygens (including phenoxy) is 3. The zero-order valence-electron chi connectivity index (χ0n) is 21.7. The molecule has 40 heavy (non-hydrogen) atoms. The van der Waals surface area contributed by atoms with Crippen molar-refractivity contribution in [2.75, 3.05) is 41.4 Å². The molecule has 2 aromatic heterocycles. The fourth-order valence-electron chi connectivity index (χ4n) is 5.01. The number of amides is 2. The van der Waals surface area contributed by atoms with Crippen LogP contribution in [-0.4, -0.2) is 70.2 Å². The summed E-state index contributed by atoms with van der Waals surface area (Å²) in [6.07, 6.45) is -1.08. The molecule has 210 valence electrons. The number of benzene rings is 1. The first-order valence-electron chi connectivity index (χ1n) is 12.7. The molecule has 0 saturated carbocycles. The smallest absolute Gasteiger partial charge is 0.416 e. The van der Waals surface area contributed by atoms with Gasteiger partial charge in [-0.05, 0) is 32.4 Å². The number of aromatic nitrogens is 4. The van der Waals surface area contributed by atoms with Crippen molar-refractivity contribution >= 4 is 23.5 Å². The van der Waals surface area contributed by atoms with Crippen LogP contribution in [0.15, 0.2) is 42.7 Å². The molecule has 2 atom stereocenters. The number of anilines is 3. The van der Waals surface area contributed by atoms with Crippen molar-refractivity contribution in [2.24, 2.45) is 0 Å². The maximum Gasteiger partial charge on any atom is 0.416 e. The second-order valence-electron chi connectivity index (χ2n) is 10.1. The molecule has 1 N–H and O–H groups in total. The molecule has 2 fully saturated rings. The molecular weight excluding hydrogens is 531 g/mol. The molecule has 11 nitrogen and oxygen atoms in total. The fraction of sp³-hybridized carbons (Fsp3) is 0.423. The van der Waals surface area contributed by atoms with Crippen LogP contribution < -0.4 is 19.9 Å². The zero-order chi connectivity index (χ0) is 28.1. The second-order valence-corrected chi connectivity index (χ2v) is 10.1. The first-order chi connectivity index (χ1) is 19.1. The molecule has 3 aromatic rings. The van der Waals surface area contributed by atoms with E-state index in [1.807, 2.05) is 13.8 Å².